The molecule has 1 heterocycles. The van der Waals surface area contributed by atoms with Gasteiger partial charge in [0.05, 0.1) is 6.61 Å². The molecule has 3 rings (SSSR count). The molecule has 1 aliphatic carbocycles. The molecule has 3 heteroatoms. The second kappa shape index (κ2) is 3.81. The highest BCUT2D eigenvalue weighted by Crippen LogP contribution is 2.28. The number of rotatable bonds is 2. The summed E-state index contributed by atoms with van der Waals surface area (Å²) < 4.78 is 5.55. The van der Waals surface area contributed by atoms with Gasteiger partial charge in [0.1, 0.15) is 5.75 Å². The van der Waals surface area contributed by atoms with Gasteiger partial charge in [-0.1, -0.05) is 6.07 Å². The minimum absolute atomic E-state index is 0.0600. The summed E-state index contributed by atoms with van der Waals surface area (Å²) in [6.45, 7) is 0.765. The number of hydrogen-bond acceptors (Lipinski definition) is 2. The van der Waals surface area contributed by atoms with Crippen molar-refractivity contribution in [2.45, 2.75) is 31.7 Å². The van der Waals surface area contributed by atoms with Crippen LogP contribution in [0.2, 0.25) is 0 Å². The molecule has 2 aliphatic rings. The van der Waals surface area contributed by atoms with Crippen LogP contribution < -0.4 is 10.1 Å². The van der Waals surface area contributed by atoms with Crippen molar-refractivity contribution in [3.05, 3.63) is 29.3 Å². The highest BCUT2D eigenvalue weighted by atomic mass is 16.5. The first-order valence-electron chi connectivity index (χ1n) is 5.90. The van der Waals surface area contributed by atoms with Crippen LogP contribution in [0.1, 0.15) is 35.2 Å². The molecule has 1 fully saturated rings. The van der Waals surface area contributed by atoms with E-state index >= 15 is 0 Å². The Kier molecular flexibility index (Phi) is 2.31. The summed E-state index contributed by atoms with van der Waals surface area (Å²) in [5, 5.41) is 3.03. The smallest absolute Gasteiger partial charge is 0.251 e. The molecule has 3 nitrogen and oxygen atoms in total. The van der Waals surface area contributed by atoms with E-state index < -0.39 is 0 Å². The Balaban J connectivity index is 1.89. The number of hydrogen-bond donors (Lipinski definition) is 1. The predicted molar refractivity (Wildman–Crippen MR) is 60.7 cm³/mol. The molecule has 84 valence electrons. The lowest BCUT2D eigenvalue weighted by atomic mass is 9.99. The van der Waals surface area contributed by atoms with E-state index in [1.165, 1.54) is 0 Å². The van der Waals surface area contributed by atoms with E-state index in [4.69, 9.17) is 4.74 Å². The summed E-state index contributed by atoms with van der Waals surface area (Å²) in [7, 11) is 0. The maximum Gasteiger partial charge on any atom is 0.251 e. The van der Waals surface area contributed by atoms with E-state index in [9.17, 15) is 4.79 Å². The number of ether oxygens (including phenoxy) is 1. The summed E-state index contributed by atoms with van der Waals surface area (Å²) in [5.74, 6) is 0.944. The van der Waals surface area contributed by atoms with Gasteiger partial charge in [-0.2, -0.15) is 0 Å². The van der Waals surface area contributed by atoms with Gasteiger partial charge in [-0.25, -0.2) is 0 Å². The standard InChI is InChI=1S/C13H15NO2/c15-13(14-9-6-7-9)11-3-1-5-12-10(11)4-2-8-16-12/h1,3,5,9H,2,4,6-8H2,(H,14,15). The lowest BCUT2D eigenvalue weighted by molar-refractivity contribution is 0.0949. The normalized spacial score (nSPS) is 18.5. The average molecular weight is 217 g/mol. The Morgan fingerprint density at radius 3 is 3.06 bits per heavy atom. The molecule has 0 saturated heterocycles. The minimum Gasteiger partial charge on any atom is -0.493 e. The highest BCUT2D eigenvalue weighted by Gasteiger charge is 2.26. The lowest BCUT2D eigenvalue weighted by Crippen LogP contribution is -2.27. The van der Waals surface area contributed by atoms with Gasteiger partial charge >= 0.3 is 0 Å². The molecular formula is C13H15NO2. The third-order valence-corrected chi connectivity index (χ3v) is 3.12. The molecule has 0 aromatic heterocycles. The van der Waals surface area contributed by atoms with Gasteiger partial charge in [0.2, 0.25) is 0 Å². The average Bonchev–Trinajstić information content (AvgIpc) is 3.12. The van der Waals surface area contributed by atoms with Crippen molar-refractivity contribution in [3.63, 3.8) is 0 Å². The molecular weight excluding hydrogens is 202 g/mol. The number of benzene rings is 1. The zero-order valence-corrected chi connectivity index (χ0v) is 9.16. The van der Waals surface area contributed by atoms with E-state index in [0.29, 0.717) is 6.04 Å². The zero-order valence-electron chi connectivity index (χ0n) is 9.16. The molecule has 16 heavy (non-hydrogen) atoms. The molecule has 1 aliphatic heterocycles. The quantitative estimate of drug-likeness (QED) is 0.821. The maximum absolute atomic E-state index is 12.0. The van der Waals surface area contributed by atoms with Crippen LogP contribution in [0.4, 0.5) is 0 Å². The van der Waals surface area contributed by atoms with Crippen molar-refractivity contribution in [1.82, 2.24) is 5.32 Å². The summed E-state index contributed by atoms with van der Waals surface area (Å²) in [6, 6.07) is 6.15. The Bertz CT molecular complexity index is 424. The first kappa shape index (κ1) is 9.70. The fraction of sp³-hybridized carbons (Fsp3) is 0.462. The number of carbonyl (C=O) groups is 1. The number of nitrogens with one attached hydrogen (secondary N) is 1. The number of fused-ring (bicyclic) bond motifs is 1. The largest absolute Gasteiger partial charge is 0.493 e. The van der Waals surface area contributed by atoms with Gasteiger partial charge in [0.25, 0.3) is 5.91 Å². The minimum atomic E-state index is 0.0600. The van der Waals surface area contributed by atoms with Gasteiger partial charge in [-0.05, 0) is 37.8 Å². The van der Waals surface area contributed by atoms with Gasteiger partial charge < -0.3 is 10.1 Å². The van der Waals surface area contributed by atoms with Crippen molar-refractivity contribution in [2.75, 3.05) is 6.61 Å². The third-order valence-electron chi connectivity index (χ3n) is 3.12. The molecule has 0 atom stereocenters. The number of carbonyl (C=O) groups excluding carboxylic acids is 1. The Labute approximate surface area is 94.8 Å². The van der Waals surface area contributed by atoms with E-state index in [-0.39, 0.29) is 5.91 Å². The van der Waals surface area contributed by atoms with Crippen LogP contribution >= 0.6 is 0 Å². The monoisotopic (exact) mass is 217 g/mol. The van der Waals surface area contributed by atoms with Gasteiger partial charge in [0, 0.05) is 17.2 Å². The Morgan fingerprint density at radius 1 is 1.38 bits per heavy atom. The molecule has 1 aromatic rings. The molecule has 0 unspecified atom stereocenters. The van der Waals surface area contributed by atoms with Crippen LogP contribution in [0, 0.1) is 0 Å². The van der Waals surface area contributed by atoms with Crippen LogP contribution in [0.3, 0.4) is 0 Å². The fourth-order valence-corrected chi connectivity index (χ4v) is 2.09. The SMILES string of the molecule is O=C(NC1CC1)c1cccc2c1CCCO2. The zero-order chi connectivity index (χ0) is 11.0. The highest BCUT2D eigenvalue weighted by molar-refractivity contribution is 5.96. The number of amides is 1. The van der Waals surface area contributed by atoms with E-state index in [1.807, 2.05) is 18.2 Å². The lowest BCUT2D eigenvalue weighted by Gasteiger charge is -2.19. The molecule has 0 radical (unpaired) electrons. The van der Waals surface area contributed by atoms with Crippen molar-refractivity contribution >= 4 is 5.91 Å². The Morgan fingerprint density at radius 2 is 2.25 bits per heavy atom. The maximum atomic E-state index is 12.0. The molecule has 1 amide bonds. The topological polar surface area (TPSA) is 38.3 Å². The van der Waals surface area contributed by atoms with Crippen molar-refractivity contribution in [1.29, 1.82) is 0 Å². The first-order valence-corrected chi connectivity index (χ1v) is 5.90. The molecule has 0 bridgehead atoms. The van der Waals surface area contributed by atoms with Gasteiger partial charge in [-0.3, -0.25) is 4.79 Å². The Hall–Kier alpha value is -1.51. The van der Waals surface area contributed by atoms with Crippen LogP contribution in [0.15, 0.2) is 18.2 Å². The van der Waals surface area contributed by atoms with E-state index in [1.54, 1.807) is 0 Å². The second-order valence-electron chi connectivity index (χ2n) is 4.48. The summed E-state index contributed by atoms with van der Waals surface area (Å²) in [6.07, 6.45) is 4.19. The third kappa shape index (κ3) is 1.77. The van der Waals surface area contributed by atoms with Crippen LogP contribution in [-0.4, -0.2) is 18.6 Å². The second-order valence-corrected chi connectivity index (χ2v) is 4.48. The molecule has 1 aromatic carbocycles. The van der Waals surface area contributed by atoms with Crippen LogP contribution in [0.5, 0.6) is 5.75 Å². The van der Waals surface area contributed by atoms with E-state index in [0.717, 1.165) is 49.2 Å². The summed E-state index contributed by atoms with van der Waals surface area (Å²) in [5.41, 5.74) is 1.87. The van der Waals surface area contributed by atoms with Crippen LogP contribution in [-0.2, 0) is 6.42 Å². The fourth-order valence-electron chi connectivity index (χ4n) is 2.09. The van der Waals surface area contributed by atoms with Gasteiger partial charge in [-0.15, -0.1) is 0 Å². The first-order chi connectivity index (χ1) is 7.84. The summed E-state index contributed by atoms with van der Waals surface area (Å²) in [4.78, 5) is 12.0. The molecule has 1 saturated carbocycles. The van der Waals surface area contributed by atoms with Crippen LogP contribution in [0.25, 0.3) is 0 Å². The molecule has 0 spiro atoms. The van der Waals surface area contributed by atoms with Crippen molar-refractivity contribution < 1.29 is 9.53 Å². The van der Waals surface area contributed by atoms with E-state index in [2.05, 4.69) is 5.32 Å². The molecule has 1 N–H and O–H groups in total. The van der Waals surface area contributed by atoms with Crippen molar-refractivity contribution in [2.24, 2.45) is 0 Å². The van der Waals surface area contributed by atoms with Crippen molar-refractivity contribution in [3.8, 4) is 5.75 Å². The van der Waals surface area contributed by atoms with Gasteiger partial charge in [0.15, 0.2) is 0 Å². The predicted octanol–water partition coefficient (Wildman–Crippen LogP) is 1.90. The summed E-state index contributed by atoms with van der Waals surface area (Å²) >= 11 is 0.